The first kappa shape index (κ1) is 26.9. The number of nitrogens with zero attached hydrogens (tertiary/aromatic N) is 3. The fourth-order valence-corrected chi connectivity index (χ4v) is 8.33. The number of aromatic nitrogens is 2. The molecule has 4 heterocycles. The predicted molar refractivity (Wildman–Crippen MR) is 161 cm³/mol. The fourth-order valence-electron chi connectivity index (χ4n) is 7.98. The fraction of sp³-hybridized carbons (Fsp3) is 0.344. The molecule has 1 saturated heterocycles. The molecule has 4 atom stereocenters. The van der Waals surface area contributed by atoms with Gasteiger partial charge in [0.25, 0.3) is 5.91 Å². The van der Waals surface area contributed by atoms with Crippen LogP contribution in [0.5, 0.6) is 5.75 Å². The standard InChI is InChI=1S/C32H28Cl2FN5O3/c1-43-25-13-24-22(12-18(25)29(36)41)37-30-26-23(9-10-39(24)30)40(14-15-5-6-15)32(27(26)17-3-2-4-20(34)28(17)35)19-8-7-16(33)11-21(19)38-31(32)42/h2-4,7-8,11-13,15,23,26-27H,5-6,9-10,14H2,1H3,(H2,36,41)(H,38,42)/t23-,26+,27-,32+/m0/s1. The van der Waals surface area contributed by atoms with Crippen molar-refractivity contribution in [1.29, 1.82) is 0 Å². The second kappa shape index (κ2) is 9.42. The molecule has 2 amide bonds. The van der Waals surface area contributed by atoms with Gasteiger partial charge in [-0.15, -0.1) is 0 Å². The normalized spacial score (nSPS) is 26.0. The Hall–Kier alpha value is -3.66. The summed E-state index contributed by atoms with van der Waals surface area (Å²) in [6.07, 6.45) is 2.89. The molecule has 1 aliphatic carbocycles. The van der Waals surface area contributed by atoms with Crippen LogP contribution in [0, 0.1) is 11.7 Å². The number of anilines is 1. The highest BCUT2D eigenvalue weighted by Crippen LogP contribution is 2.64. The Balaban J connectivity index is 1.43. The van der Waals surface area contributed by atoms with Gasteiger partial charge in [0.1, 0.15) is 22.9 Å². The monoisotopic (exact) mass is 619 g/mol. The lowest BCUT2D eigenvalue weighted by Gasteiger charge is -2.40. The molecule has 8 nitrogen and oxygen atoms in total. The van der Waals surface area contributed by atoms with Crippen LogP contribution >= 0.6 is 23.2 Å². The highest BCUT2D eigenvalue weighted by atomic mass is 35.5. The molecule has 220 valence electrons. The zero-order chi connectivity index (χ0) is 29.8. The number of methoxy groups -OCH3 is 1. The number of amides is 2. The molecule has 0 unspecified atom stereocenters. The SMILES string of the molecule is COc1cc2c(cc1C(N)=O)nc1n2CC[C@H]2[C@@H]1[C@H](c1cccc(Cl)c1F)[C@]1(C(=O)Nc3cc(Cl)ccc31)N2CC1CC1. The summed E-state index contributed by atoms with van der Waals surface area (Å²) in [5, 5.41) is 3.61. The number of fused-ring (bicyclic) bond motifs is 7. The minimum Gasteiger partial charge on any atom is -0.496 e. The van der Waals surface area contributed by atoms with Crippen LogP contribution in [0.25, 0.3) is 11.0 Å². The molecule has 11 heteroatoms. The number of imidazole rings is 1. The van der Waals surface area contributed by atoms with Gasteiger partial charge in [-0.3, -0.25) is 14.5 Å². The Morgan fingerprint density at radius 2 is 2.00 bits per heavy atom. The van der Waals surface area contributed by atoms with Crippen LogP contribution in [-0.2, 0) is 16.9 Å². The third-order valence-electron chi connectivity index (χ3n) is 9.84. The molecule has 0 bridgehead atoms. The number of primary amides is 1. The van der Waals surface area contributed by atoms with E-state index >= 15 is 4.39 Å². The molecule has 3 N–H and O–H groups in total. The number of aryl methyl sites for hydroxylation is 1. The first-order valence-corrected chi connectivity index (χ1v) is 15.2. The number of carbonyl (C=O) groups is 2. The van der Waals surface area contributed by atoms with Crippen molar-refractivity contribution in [3.05, 3.63) is 86.9 Å². The highest BCUT2D eigenvalue weighted by Gasteiger charge is 2.69. The summed E-state index contributed by atoms with van der Waals surface area (Å²) in [5.41, 5.74) is 7.85. The molecule has 1 spiro atoms. The van der Waals surface area contributed by atoms with E-state index in [2.05, 4.69) is 14.8 Å². The maximum absolute atomic E-state index is 16.2. The van der Waals surface area contributed by atoms with Crippen molar-refractivity contribution < 1.29 is 18.7 Å². The summed E-state index contributed by atoms with van der Waals surface area (Å²) in [5.74, 6) is -0.850. The van der Waals surface area contributed by atoms with Gasteiger partial charge in [-0.2, -0.15) is 0 Å². The van der Waals surface area contributed by atoms with Gasteiger partial charge in [0.15, 0.2) is 0 Å². The van der Waals surface area contributed by atoms with Crippen molar-refractivity contribution in [2.75, 3.05) is 19.0 Å². The van der Waals surface area contributed by atoms with Crippen LogP contribution in [0.2, 0.25) is 10.0 Å². The molecule has 43 heavy (non-hydrogen) atoms. The maximum atomic E-state index is 16.2. The molecule has 8 rings (SSSR count). The van der Waals surface area contributed by atoms with Crippen LogP contribution in [0.3, 0.4) is 0 Å². The molecule has 1 aromatic heterocycles. The number of hydrogen-bond acceptors (Lipinski definition) is 5. The molecule has 3 aliphatic heterocycles. The number of likely N-dealkylation sites (tertiary alicyclic amines) is 1. The molecule has 4 aromatic rings. The third kappa shape index (κ3) is 3.68. The number of ether oxygens (including phenoxy) is 1. The third-order valence-corrected chi connectivity index (χ3v) is 10.4. The van der Waals surface area contributed by atoms with E-state index in [1.165, 1.54) is 13.2 Å². The lowest BCUT2D eigenvalue weighted by molar-refractivity contribution is -0.128. The second-order valence-corrected chi connectivity index (χ2v) is 12.9. The number of rotatable bonds is 5. The van der Waals surface area contributed by atoms with E-state index in [1.807, 2.05) is 6.07 Å². The quantitative estimate of drug-likeness (QED) is 0.294. The van der Waals surface area contributed by atoms with E-state index in [0.717, 1.165) is 29.7 Å². The number of halogens is 3. The van der Waals surface area contributed by atoms with E-state index in [-0.39, 0.29) is 28.5 Å². The molecule has 2 fully saturated rings. The molecule has 0 radical (unpaired) electrons. The molecule has 1 saturated carbocycles. The van der Waals surface area contributed by atoms with Crippen LogP contribution in [0.15, 0.2) is 48.5 Å². The molecular formula is C32H28Cl2FN5O3. The summed E-state index contributed by atoms with van der Waals surface area (Å²) >= 11 is 12.8. The van der Waals surface area contributed by atoms with Crippen LogP contribution < -0.4 is 15.8 Å². The van der Waals surface area contributed by atoms with E-state index < -0.39 is 23.2 Å². The van der Waals surface area contributed by atoms with Gasteiger partial charge >= 0.3 is 0 Å². The summed E-state index contributed by atoms with van der Waals surface area (Å²) in [7, 11) is 1.49. The number of carbonyl (C=O) groups excluding carboxylic acids is 2. The predicted octanol–water partition coefficient (Wildman–Crippen LogP) is 5.80. The van der Waals surface area contributed by atoms with Crippen molar-refractivity contribution in [2.24, 2.45) is 11.7 Å². The van der Waals surface area contributed by atoms with Gasteiger partial charge in [0.2, 0.25) is 5.91 Å². The first-order chi connectivity index (χ1) is 20.7. The average Bonchev–Trinajstić information content (AvgIpc) is 3.58. The Morgan fingerprint density at radius 3 is 2.74 bits per heavy atom. The zero-order valence-electron chi connectivity index (χ0n) is 23.2. The van der Waals surface area contributed by atoms with E-state index in [9.17, 15) is 9.59 Å². The maximum Gasteiger partial charge on any atom is 0.252 e. The van der Waals surface area contributed by atoms with Crippen molar-refractivity contribution in [3.63, 3.8) is 0 Å². The van der Waals surface area contributed by atoms with Gasteiger partial charge in [-0.25, -0.2) is 9.37 Å². The van der Waals surface area contributed by atoms with Crippen LogP contribution in [0.4, 0.5) is 10.1 Å². The lowest BCUT2D eigenvalue weighted by Crippen LogP contribution is -2.53. The summed E-state index contributed by atoms with van der Waals surface area (Å²) in [4.78, 5) is 34.2. The summed E-state index contributed by atoms with van der Waals surface area (Å²) in [6.45, 7) is 1.33. The van der Waals surface area contributed by atoms with Crippen molar-refractivity contribution in [2.45, 2.75) is 49.2 Å². The minimum absolute atomic E-state index is 0.000253. The summed E-state index contributed by atoms with van der Waals surface area (Å²) in [6, 6.07) is 13.8. The van der Waals surface area contributed by atoms with Gasteiger partial charge in [0, 0.05) is 53.3 Å². The van der Waals surface area contributed by atoms with Crippen LogP contribution in [-0.4, -0.2) is 46.0 Å². The Morgan fingerprint density at radius 1 is 1.19 bits per heavy atom. The average molecular weight is 621 g/mol. The zero-order valence-corrected chi connectivity index (χ0v) is 24.8. The van der Waals surface area contributed by atoms with Gasteiger partial charge < -0.3 is 20.4 Å². The number of benzene rings is 3. The topological polar surface area (TPSA) is 102 Å². The number of nitrogens with one attached hydrogen (secondary N) is 1. The van der Waals surface area contributed by atoms with Gasteiger partial charge in [-0.05, 0) is 55.0 Å². The van der Waals surface area contributed by atoms with Crippen molar-refractivity contribution in [1.82, 2.24) is 14.5 Å². The Kier molecular flexibility index (Phi) is 5.90. The van der Waals surface area contributed by atoms with Crippen LogP contribution in [0.1, 0.15) is 58.4 Å². The lowest BCUT2D eigenvalue weighted by atomic mass is 9.70. The Bertz CT molecular complexity index is 1870. The van der Waals surface area contributed by atoms with Gasteiger partial charge in [-0.1, -0.05) is 41.4 Å². The smallest absolute Gasteiger partial charge is 0.252 e. The molecular weight excluding hydrogens is 592 g/mol. The molecule has 4 aliphatic rings. The minimum atomic E-state index is -1.22. The number of nitrogens with two attached hydrogens (primary N) is 1. The Labute approximate surface area is 256 Å². The summed E-state index contributed by atoms with van der Waals surface area (Å²) < 4.78 is 23.9. The van der Waals surface area contributed by atoms with Crippen molar-refractivity contribution >= 4 is 51.7 Å². The first-order valence-electron chi connectivity index (χ1n) is 14.4. The second-order valence-electron chi connectivity index (χ2n) is 12.0. The van der Waals surface area contributed by atoms with E-state index in [0.29, 0.717) is 53.0 Å². The highest BCUT2D eigenvalue weighted by molar-refractivity contribution is 6.31. The van der Waals surface area contributed by atoms with Gasteiger partial charge in [0.05, 0.1) is 28.7 Å². The molecule has 3 aromatic carbocycles. The number of hydrogen-bond donors (Lipinski definition) is 2. The van der Waals surface area contributed by atoms with Crippen molar-refractivity contribution in [3.8, 4) is 5.75 Å². The largest absolute Gasteiger partial charge is 0.496 e. The van der Waals surface area contributed by atoms with E-state index in [1.54, 1.807) is 36.4 Å². The van der Waals surface area contributed by atoms with E-state index in [4.69, 9.17) is 38.7 Å².